The Morgan fingerprint density at radius 2 is 2.10 bits per heavy atom. The first kappa shape index (κ1) is 22.3. The molecule has 1 saturated heterocycles. The van der Waals surface area contributed by atoms with E-state index in [1.807, 2.05) is 0 Å². The Balaban J connectivity index is 1.92. The van der Waals surface area contributed by atoms with E-state index in [0.717, 1.165) is 12.1 Å². The number of aromatic nitrogens is 2. The van der Waals surface area contributed by atoms with Gasteiger partial charge in [0, 0.05) is 19.7 Å². The summed E-state index contributed by atoms with van der Waals surface area (Å²) >= 11 is 0. The summed E-state index contributed by atoms with van der Waals surface area (Å²) in [4.78, 5) is 14.6. The van der Waals surface area contributed by atoms with Gasteiger partial charge in [-0.3, -0.25) is 4.79 Å². The molecule has 0 N–H and O–H groups in total. The summed E-state index contributed by atoms with van der Waals surface area (Å²) in [6, 6.07) is 4.18. The molecule has 0 radical (unpaired) electrons. The summed E-state index contributed by atoms with van der Waals surface area (Å²) < 4.78 is 69.1. The molecule has 2 heterocycles. The molecular formula is C19H22F3N3O4S. The lowest BCUT2D eigenvalue weighted by atomic mass is 10.1. The Kier molecular flexibility index (Phi) is 6.23. The van der Waals surface area contributed by atoms with Crippen molar-refractivity contribution in [2.45, 2.75) is 25.6 Å². The predicted molar refractivity (Wildman–Crippen MR) is 103 cm³/mol. The maximum absolute atomic E-state index is 13.2. The van der Waals surface area contributed by atoms with Crippen LogP contribution in [0, 0.1) is 6.92 Å². The molecule has 1 aromatic heterocycles. The summed E-state index contributed by atoms with van der Waals surface area (Å²) in [5.41, 5.74) is -0.0793. The van der Waals surface area contributed by atoms with Crippen molar-refractivity contribution in [3.63, 3.8) is 0 Å². The molecule has 1 aliphatic rings. The summed E-state index contributed by atoms with van der Waals surface area (Å²) in [5, 5.41) is 4.10. The summed E-state index contributed by atoms with van der Waals surface area (Å²) in [6.45, 7) is 2.01. The Bertz CT molecular complexity index is 1030. The van der Waals surface area contributed by atoms with Gasteiger partial charge in [0.25, 0.3) is 5.91 Å². The van der Waals surface area contributed by atoms with Crippen molar-refractivity contribution in [1.82, 2.24) is 14.7 Å². The van der Waals surface area contributed by atoms with E-state index in [2.05, 4.69) is 5.10 Å². The van der Waals surface area contributed by atoms with Crippen LogP contribution in [0.25, 0.3) is 5.69 Å². The number of halogens is 3. The van der Waals surface area contributed by atoms with E-state index >= 15 is 0 Å². The average molecular weight is 445 g/mol. The number of benzene rings is 1. The second-order valence-corrected chi connectivity index (χ2v) is 9.38. The van der Waals surface area contributed by atoms with Crippen LogP contribution in [0.4, 0.5) is 13.2 Å². The van der Waals surface area contributed by atoms with Crippen molar-refractivity contribution in [2.24, 2.45) is 0 Å². The number of sulfone groups is 1. The second-order valence-electron chi connectivity index (χ2n) is 7.15. The molecule has 1 unspecified atom stereocenters. The smallest absolute Gasteiger partial charge is 0.383 e. The van der Waals surface area contributed by atoms with Crippen LogP contribution in [0.15, 0.2) is 30.5 Å². The van der Waals surface area contributed by atoms with Crippen LogP contribution in [0.5, 0.6) is 0 Å². The number of alkyl halides is 3. The lowest BCUT2D eigenvalue weighted by Gasteiger charge is -2.28. The summed E-state index contributed by atoms with van der Waals surface area (Å²) in [6.07, 6.45) is -2.87. The van der Waals surface area contributed by atoms with E-state index in [1.54, 1.807) is 6.92 Å². The largest absolute Gasteiger partial charge is 0.416 e. The SMILES string of the molecule is COCCN(C(=O)c1cnn(-c2cccc(C(F)(F)F)c2)c1C)C1CCS(=O)(=O)C1. The van der Waals surface area contributed by atoms with Crippen LogP contribution < -0.4 is 0 Å². The molecule has 1 aliphatic heterocycles. The summed E-state index contributed by atoms with van der Waals surface area (Å²) in [7, 11) is -1.73. The van der Waals surface area contributed by atoms with Gasteiger partial charge in [0.1, 0.15) is 0 Å². The van der Waals surface area contributed by atoms with E-state index in [1.165, 1.54) is 35.0 Å². The van der Waals surface area contributed by atoms with Crippen molar-refractivity contribution < 1.29 is 31.1 Å². The maximum atomic E-state index is 13.2. The van der Waals surface area contributed by atoms with E-state index in [9.17, 15) is 26.4 Å². The zero-order chi connectivity index (χ0) is 22.1. The monoisotopic (exact) mass is 445 g/mol. The van der Waals surface area contributed by atoms with Gasteiger partial charge in [0.05, 0.1) is 46.8 Å². The molecule has 1 fully saturated rings. The van der Waals surface area contributed by atoms with Gasteiger partial charge < -0.3 is 9.64 Å². The van der Waals surface area contributed by atoms with Crippen molar-refractivity contribution in [3.05, 3.63) is 47.3 Å². The van der Waals surface area contributed by atoms with Crippen LogP contribution in [0.2, 0.25) is 0 Å². The molecule has 30 heavy (non-hydrogen) atoms. The van der Waals surface area contributed by atoms with E-state index in [4.69, 9.17) is 4.74 Å². The number of hydrogen-bond donors (Lipinski definition) is 0. The highest BCUT2D eigenvalue weighted by Crippen LogP contribution is 2.31. The fourth-order valence-electron chi connectivity index (χ4n) is 3.51. The Morgan fingerprint density at radius 3 is 2.70 bits per heavy atom. The number of hydrogen-bond acceptors (Lipinski definition) is 5. The Morgan fingerprint density at radius 1 is 1.37 bits per heavy atom. The van der Waals surface area contributed by atoms with Crippen LogP contribution in [0.3, 0.4) is 0 Å². The minimum absolute atomic E-state index is 0.0108. The van der Waals surface area contributed by atoms with E-state index < -0.39 is 33.5 Å². The fourth-order valence-corrected chi connectivity index (χ4v) is 5.24. The first-order valence-electron chi connectivity index (χ1n) is 9.26. The summed E-state index contributed by atoms with van der Waals surface area (Å²) in [5.74, 6) is -0.537. The van der Waals surface area contributed by atoms with Gasteiger partial charge in [0.15, 0.2) is 9.84 Å². The highest BCUT2D eigenvalue weighted by molar-refractivity contribution is 7.91. The van der Waals surface area contributed by atoms with Gasteiger partial charge in [-0.15, -0.1) is 0 Å². The third-order valence-electron chi connectivity index (χ3n) is 5.10. The molecular weight excluding hydrogens is 423 g/mol. The van der Waals surface area contributed by atoms with Crippen LogP contribution >= 0.6 is 0 Å². The number of rotatable bonds is 6. The highest BCUT2D eigenvalue weighted by Gasteiger charge is 2.36. The topological polar surface area (TPSA) is 81.5 Å². The third kappa shape index (κ3) is 4.67. The molecule has 0 aliphatic carbocycles. The maximum Gasteiger partial charge on any atom is 0.416 e. The minimum atomic E-state index is -4.50. The molecule has 0 saturated carbocycles. The molecule has 0 spiro atoms. The molecule has 1 atom stereocenters. The normalized spacial score (nSPS) is 18.5. The fraction of sp³-hybridized carbons (Fsp3) is 0.474. The molecule has 7 nitrogen and oxygen atoms in total. The van der Waals surface area contributed by atoms with Crippen molar-refractivity contribution in [2.75, 3.05) is 31.8 Å². The number of carbonyl (C=O) groups excluding carboxylic acids is 1. The van der Waals surface area contributed by atoms with Gasteiger partial charge in [-0.25, -0.2) is 13.1 Å². The van der Waals surface area contributed by atoms with Crippen LogP contribution in [-0.2, 0) is 20.8 Å². The minimum Gasteiger partial charge on any atom is -0.383 e. The number of methoxy groups -OCH3 is 1. The number of nitrogens with zero attached hydrogens (tertiary/aromatic N) is 3. The second kappa shape index (κ2) is 8.38. The molecule has 11 heteroatoms. The van der Waals surface area contributed by atoms with E-state index in [0.29, 0.717) is 12.1 Å². The van der Waals surface area contributed by atoms with Gasteiger partial charge in [-0.2, -0.15) is 18.3 Å². The van der Waals surface area contributed by atoms with Crippen LogP contribution in [-0.4, -0.2) is 66.8 Å². The quantitative estimate of drug-likeness (QED) is 0.683. The highest BCUT2D eigenvalue weighted by atomic mass is 32.2. The molecule has 164 valence electrons. The number of ether oxygens (including phenoxy) is 1. The lowest BCUT2D eigenvalue weighted by Crippen LogP contribution is -2.43. The standard InChI is InChI=1S/C19H22F3N3O4S/c1-13-17(11-23-25(13)15-5-3-4-14(10-15)19(20,21)22)18(26)24(7-8-29-2)16-6-9-30(27,28)12-16/h3-5,10-11,16H,6-9,12H2,1-2H3. The Hall–Kier alpha value is -2.40. The molecule has 3 rings (SSSR count). The van der Waals surface area contributed by atoms with E-state index in [-0.39, 0.29) is 35.9 Å². The van der Waals surface area contributed by atoms with Crippen molar-refractivity contribution in [1.29, 1.82) is 0 Å². The average Bonchev–Trinajstić information content (AvgIpc) is 3.23. The first-order chi connectivity index (χ1) is 14.0. The van der Waals surface area contributed by atoms with Gasteiger partial charge in [-0.05, 0) is 31.5 Å². The van der Waals surface area contributed by atoms with Crippen molar-refractivity contribution in [3.8, 4) is 5.69 Å². The molecule has 1 aromatic carbocycles. The third-order valence-corrected chi connectivity index (χ3v) is 6.85. The van der Waals surface area contributed by atoms with Crippen LogP contribution in [0.1, 0.15) is 28.0 Å². The lowest BCUT2D eigenvalue weighted by molar-refractivity contribution is -0.137. The van der Waals surface area contributed by atoms with Gasteiger partial charge in [0.2, 0.25) is 0 Å². The number of amides is 1. The van der Waals surface area contributed by atoms with Crippen molar-refractivity contribution >= 4 is 15.7 Å². The zero-order valence-electron chi connectivity index (χ0n) is 16.5. The van der Waals surface area contributed by atoms with Gasteiger partial charge >= 0.3 is 6.18 Å². The molecule has 1 amide bonds. The first-order valence-corrected chi connectivity index (χ1v) is 11.1. The zero-order valence-corrected chi connectivity index (χ0v) is 17.3. The molecule has 0 bridgehead atoms. The van der Waals surface area contributed by atoms with Gasteiger partial charge in [-0.1, -0.05) is 6.07 Å². The molecule has 2 aromatic rings. The predicted octanol–water partition coefficient (Wildman–Crippen LogP) is 2.48. The number of carbonyl (C=O) groups is 1. The Labute approximate surface area is 172 Å².